The highest BCUT2D eigenvalue weighted by molar-refractivity contribution is 7.09. The van der Waals surface area contributed by atoms with Crippen molar-refractivity contribution in [2.45, 2.75) is 64.5 Å². The topological polar surface area (TPSA) is 55.6 Å². The van der Waals surface area contributed by atoms with Gasteiger partial charge in [-0.1, -0.05) is 20.8 Å². The van der Waals surface area contributed by atoms with Crippen molar-refractivity contribution in [1.82, 2.24) is 25.1 Å². The molecule has 1 saturated carbocycles. The minimum atomic E-state index is 0.108. The molecule has 5 nitrogen and oxygen atoms in total. The first-order valence-corrected chi connectivity index (χ1v) is 8.81. The van der Waals surface area contributed by atoms with E-state index in [1.807, 2.05) is 0 Å². The second-order valence-corrected chi connectivity index (χ2v) is 8.12. The summed E-state index contributed by atoms with van der Waals surface area (Å²) < 4.78 is 2.14. The van der Waals surface area contributed by atoms with Gasteiger partial charge in [-0.2, -0.15) is 0 Å². The van der Waals surface area contributed by atoms with Crippen LogP contribution in [-0.2, 0) is 19.0 Å². The van der Waals surface area contributed by atoms with Crippen LogP contribution in [0.3, 0.4) is 0 Å². The molecule has 0 saturated heterocycles. The van der Waals surface area contributed by atoms with Gasteiger partial charge in [-0.15, -0.1) is 21.5 Å². The molecule has 2 aromatic heterocycles. The second-order valence-electron chi connectivity index (χ2n) is 7.23. The van der Waals surface area contributed by atoms with Gasteiger partial charge in [-0.25, -0.2) is 4.98 Å². The van der Waals surface area contributed by atoms with Crippen molar-refractivity contribution in [3.8, 4) is 0 Å². The van der Waals surface area contributed by atoms with Gasteiger partial charge in [0.1, 0.15) is 16.7 Å². The SMILES string of the molecule is CC(NCc1nnc(C2CC2)n1C)c1nc(C(C)(C)C)cs1. The van der Waals surface area contributed by atoms with Crippen LogP contribution in [0.4, 0.5) is 0 Å². The highest BCUT2D eigenvalue weighted by Gasteiger charge is 2.29. The van der Waals surface area contributed by atoms with Crippen molar-refractivity contribution in [2.75, 3.05) is 0 Å². The molecule has 22 heavy (non-hydrogen) atoms. The lowest BCUT2D eigenvalue weighted by Gasteiger charge is -2.15. The predicted octanol–water partition coefficient (Wildman–Crippen LogP) is 3.30. The summed E-state index contributed by atoms with van der Waals surface area (Å²) in [6.07, 6.45) is 2.51. The summed E-state index contributed by atoms with van der Waals surface area (Å²) in [5.74, 6) is 2.77. The summed E-state index contributed by atoms with van der Waals surface area (Å²) in [5.41, 5.74) is 1.27. The average molecular weight is 319 g/mol. The molecule has 1 fully saturated rings. The maximum atomic E-state index is 4.77. The smallest absolute Gasteiger partial charge is 0.146 e. The Labute approximate surface area is 136 Å². The van der Waals surface area contributed by atoms with Crippen molar-refractivity contribution in [3.05, 3.63) is 27.7 Å². The molecule has 3 rings (SSSR count). The molecule has 2 heterocycles. The molecule has 1 aliphatic carbocycles. The van der Waals surface area contributed by atoms with Gasteiger partial charge < -0.3 is 9.88 Å². The summed E-state index contributed by atoms with van der Waals surface area (Å²) in [5, 5.41) is 15.5. The maximum Gasteiger partial charge on any atom is 0.146 e. The third kappa shape index (κ3) is 3.22. The Kier molecular flexibility index (Phi) is 4.07. The number of aromatic nitrogens is 4. The summed E-state index contributed by atoms with van der Waals surface area (Å²) in [6, 6.07) is 0.224. The van der Waals surface area contributed by atoms with Crippen molar-refractivity contribution < 1.29 is 0 Å². The van der Waals surface area contributed by atoms with Crippen molar-refractivity contribution in [1.29, 1.82) is 0 Å². The van der Waals surface area contributed by atoms with Crippen molar-refractivity contribution in [2.24, 2.45) is 7.05 Å². The molecule has 1 aliphatic rings. The summed E-state index contributed by atoms with van der Waals surface area (Å²) in [6.45, 7) is 9.47. The van der Waals surface area contributed by atoms with E-state index in [4.69, 9.17) is 4.98 Å². The van der Waals surface area contributed by atoms with Gasteiger partial charge in [0, 0.05) is 23.8 Å². The van der Waals surface area contributed by atoms with Gasteiger partial charge in [0.15, 0.2) is 0 Å². The second kappa shape index (κ2) is 5.74. The predicted molar refractivity (Wildman–Crippen MR) is 89.0 cm³/mol. The average Bonchev–Trinajstić information content (AvgIpc) is 3.02. The fraction of sp³-hybridized carbons (Fsp3) is 0.688. The number of hydrogen-bond acceptors (Lipinski definition) is 5. The lowest BCUT2D eigenvalue weighted by atomic mass is 9.93. The first-order chi connectivity index (χ1) is 10.4. The van der Waals surface area contributed by atoms with E-state index >= 15 is 0 Å². The number of nitrogens with zero attached hydrogens (tertiary/aromatic N) is 4. The van der Waals surface area contributed by atoms with E-state index in [-0.39, 0.29) is 11.5 Å². The Morgan fingerprint density at radius 2 is 2.09 bits per heavy atom. The van der Waals surface area contributed by atoms with Crippen LogP contribution >= 0.6 is 11.3 Å². The van der Waals surface area contributed by atoms with Crippen molar-refractivity contribution in [3.63, 3.8) is 0 Å². The first-order valence-electron chi connectivity index (χ1n) is 7.93. The zero-order valence-corrected chi connectivity index (χ0v) is 14.9. The third-order valence-corrected chi connectivity index (χ3v) is 5.20. The van der Waals surface area contributed by atoms with E-state index in [1.54, 1.807) is 11.3 Å². The van der Waals surface area contributed by atoms with Crippen molar-refractivity contribution >= 4 is 11.3 Å². The molecule has 1 N–H and O–H groups in total. The summed E-state index contributed by atoms with van der Waals surface area (Å²) in [4.78, 5) is 4.77. The minimum Gasteiger partial charge on any atom is -0.317 e. The zero-order valence-electron chi connectivity index (χ0n) is 14.1. The number of rotatable bonds is 5. The van der Waals surface area contributed by atoms with Gasteiger partial charge in [-0.3, -0.25) is 0 Å². The van der Waals surface area contributed by atoms with Gasteiger partial charge in [-0.05, 0) is 19.8 Å². The Hall–Kier alpha value is -1.27. The van der Waals surface area contributed by atoms with Crippen LogP contribution in [-0.4, -0.2) is 19.7 Å². The molecule has 0 spiro atoms. The number of hydrogen-bond donors (Lipinski definition) is 1. The molecule has 1 atom stereocenters. The molecule has 1 unspecified atom stereocenters. The highest BCUT2D eigenvalue weighted by Crippen LogP contribution is 2.38. The normalized spacial score (nSPS) is 17.0. The molecule has 120 valence electrons. The molecular weight excluding hydrogens is 294 g/mol. The van der Waals surface area contributed by atoms with E-state index in [0.717, 1.165) is 28.9 Å². The van der Waals surface area contributed by atoms with Gasteiger partial charge in [0.05, 0.1) is 18.3 Å². The zero-order chi connectivity index (χ0) is 15.9. The molecule has 0 amide bonds. The van der Waals surface area contributed by atoms with Crippen LogP contribution in [0.25, 0.3) is 0 Å². The maximum absolute atomic E-state index is 4.77. The summed E-state index contributed by atoms with van der Waals surface area (Å²) >= 11 is 1.73. The minimum absolute atomic E-state index is 0.108. The molecule has 0 bridgehead atoms. The Morgan fingerprint density at radius 1 is 1.36 bits per heavy atom. The van der Waals surface area contributed by atoms with E-state index in [9.17, 15) is 0 Å². The number of nitrogens with one attached hydrogen (secondary N) is 1. The Balaban J connectivity index is 1.62. The molecule has 0 aliphatic heterocycles. The molecular formula is C16H25N5S. The van der Waals surface area contributed by atoms with Gasteiger partial charge in [0.2, 0.25) is 0 Å². The van der Waals surface area contributed by atoms with Gasteiger partial charge >= 0.3 is 0 Å². The van der Waals surface area contributed by atoms with Crippen LogP contribution in [0.1, 0.15) is 74.8 Å². The molecule has 2 aromatic rings. The van der Waals surface area contributed by atoms with E-state index in [1.165, 1.54) is 12.8 Å². The monoisotopic (exact) mass is 319 g/mol. The first kappa shape index (κ1) is 15.6. The Bertz CT molecular complexity index is 648. The largest absolute Gasteiger partial charge is 0.317 e. The fourth-order valence-corrected chi connectivity index (χ4v) is 3.47. The lowest BCUT2D eigenvalue weighted by Crippen LogP contribution is -2.21. The van der Waals surface area contributed by atoms with E-state index < -0.39 is 0 Å². The van der Waals surface area contributed by atoms with Crippen LogP contribution < -0.4 is 5.32 Å². The van der Waals surface area contributed by atoms with Crippen LogP contribution in [0.15, 0.2) is 5.38 Å². The van der Waals surface area contributed by atoms with Crippen LogP contribution in [0, 0.1) is 0 Å². The quantitative estimate of drug-likeness (QED) is 0.919. The van der Waals surface area contributed by atoms with Crippen LogP contribution in [0.2, 0.25) is 0 Å². The standard InChI is InChI=1S/C16H25N5S/c1-10(15-18-12(9-22-15)16(2,3)4)17-8-13-19-20-14(21(13)5)11-6-7-11/h9-11,17H,6-8H2,1-5H3. The fourth-order valence-electron chi connectivity index (χ4n) is 2.39. The third-order valence-electron chi connectivity index (χ3n) is 4.17. The van der Waals surface area contributed by atoms with E-state index in [0.29, 0.717) is 5.92 Å². The van der Waals surface area contributed by atoms with E-state index in [2.05, 4.69) is 60.2 Å². The molecule has 6 heteroatoms. The number of thiazole rings is 1. The van der Waals surface area contributed by atoms with Gasteiger partial charge in [0.25, 0.3) is 0 Å². The lowest BCUT2D eigenvalue weighted by molar-refractivity contribution is 0.532. The highest BCUT2D eigenvalue weighted by atomic mass is 32.1. The van der Waals surface area contributed by atoms with Crippen LogP contribution in [0.5, 0.6) is 0 Å². The molecule has 0 radical (unpaired) electrons. The summed E-state index contributed by atoms with van der Waals surface area (Å²) in [7, 11) is 2.07. The Morgan fingerprint density at radius 3 is 2.68 bits per heavy atom. The molecule has 0 aromatic carbocycles.